The van der Waals surface area contributed by atoms with Gasteiger partial charge in [0.1, 0.15) is 17.5 Å². The predicted octanol–water partition coefficient (Wildman–Crippen LogP) is 3.41. The second kappa shape index (κ2) is 9.97. The van der Waals surface area contributed by atoms with Crippen LogP contribution in [0.4, 0.5) is 26.4 Å². The van der Waals surface area contributed by atoms with Crippen molar-refractivity contribution in [3.05, 3.63) is 71.6 Å². The van der Waals surface area contributed by atoms with Gasteiger partial charge in [0.05, 0.1) is 11.0 Å². The molecule has 0 aliphatic rings. The number of halogens is 2. The zero-order valence-electron chi connectivity index (χ0n) is 16.1. The first-order chi connectivity index (χ1) is 14.4. The number of benzene rings is 2. The van der Waals surface area contributed by atoms with Gasteiger partial charge in [-0.2, -0.15) is 15.0 Å². The third-order valence-electron chi connectivity index (χ3n) is 4.01. The summed E-state index contributed by atoms with van der Waals surface area (Å²) in [7, 11) is 0. The predicted molar refractivity (Wildman–Crippen MR) is 113 cm³/mol. The van der Waals surface area contributed by atoms with Gasteiger partial charge in [-0.3, -0.25) is 4.79 Å². The van der Waals surface area contributed by atoms with Gasteiger partial charge in [-0.05, 0) is 48.9 Å². The Balaban J connectivity index is 1.53. The van der Waals surface area contributed by atoms with E-state index >= 15 is 0 Å². The first-order valence-corrected chi connectivity index (χ1v) is 10.1. The third-order valence-corrected chi connectivity index (χ3v) is 5.15. The average Bonchev–Trinajstić information content (AvgIpc) is 2.72. The lowest BCUT2D eigenvalue weighted by Crippen LogP contribution is -2.30. The van der Waals surface area contributed by atoms with Crippen LogP contribution in [0.5, 0.6) is 0 Å². The van der Waals surface area contributed by atoms with Gasteiger partial charge in [0.2, 0.25) is 17.8 Å². The number of aromatic nitrogens is 3. The van der Waals surface area contributed by atoms with Gasteiger partial charge in [0.25, 0.3) is 0 Å². The minimum absolute atomic E-state index is 0.0404. The average molecular weight is 430 g/mol. The molecule has 0 spiro atoms. The minimum Gasteiger partial charge on any atom is -0.368 e. The molecule has 1 atom stereocenters. The normalized spacial score (nSPS) is 11.7. The second-order valence-electron chi connectivity index (χ2n) is 6.36. The molecule has 0 saturated heterocycles. The van der Waals surface area contributed by atoms with Gasteiger partial charge in [0.15, 0.2) is 0 Å². The fraction of sp³-hybridized carbons (Fsp3) is 0.200. The fourth-order valence-electron chi connectivity index (χ4n) is 2.43. The number of hydrogen-bond acceptors (Lipinski definition) is 7. The topological polar surface area (TPSA) is 106 Å². The Kier molecular flexibility index (Phi) is 7.12. The van der Waals surface area contributed by atoms with Crippen molar-refractivity contribution in [1.82, 2.24) is 20.3 Å². The van der Waals surface area contributed by atoms with Crippen LogP contribution in [-0.4, -0.2) is 26.1 Å². The number of hydrogen-bond donors (Lipinski definition) is 3. The summed E-state index contributed by atoms with van der Waals surface area (Å²) >= 11 is 1.34. The Labute approximate surface area is 176 Å². The maximum atomic E-state index is 13.0. The monoisotopic (exact) mass is 430 g/mol. The van der Waals surface area contributed by atoms with Crippen LogP contribution in [-0.2, 0) is 17.1 Å². The number of nitrogen functional groups attached to an aromatic ring is 1. The van der Waals surface area contributed by atoms with E-state index in [2.05, 4.69) is 25.6 Å². The van der Waals surface area contributed by atoms with E-state index in [9.17, 15) is 13.6 Å². The summed E-state index contributed by atoms with van der Waals surface area (Å²) in [6.07, 6.45) is 0. The van der Waals surface area contributed by atoms with Crippen LogP contribution < -0.4 is 16.4 Å². The highest BCUT2D eigenvalue weighted by Crippen LogP contribution is 2.19. The molecule has 0 radical (unpaired) electrons. The van der Waals surface area contributed by atoms with Gasteiger partial charge in [-0.15, -0.1) is 11.8 Å². The molecule has 7 nitrogen and oxygen atoms in total. The third kappa shape index (κ3) is 6.38. The molecule has 3 aromatic rings. The van der Waals surface area contributed by atoms with E-state index in [1.807, 2.05) is 0 Å². The molecule has 1 heterocycles. The minimum atomic E-state index is -0.364. The summed E-state index contributed by atoms with van der Waals surface area (Å²) in [4.78, 5) is 24.7. The highest BCUT2D eigenvalue weighted by Gasteiger charge is 2.15. The summed E-state index contributed by atoms with van der Waals surface area (Å²) in [6.45, 7) is 2.08. The maximum Gasteiger partial charge on any atom is 0.233 e. The Bertz CT molecular complexity index is 1000. The highest BCUT2D eigenvalue weighted by molar-refractivity contribution is 7.99. The summed E-state index contributed by atoms with van der Waals surface area (Å²) < 4.78 is 26.0. The number of carbonyl (C=O) groups is 1. The Morgan fingerprint density at radius 2 is 1.67 bits per heavy atom. The molecule has 0 aliphatic heterocycles. The smallest absolute Gasteiger partial charge is 0.233 e. The number of nitrogens with two attached hydrogens (primary N) is 1. The lowest BCUT2D eigenvalue weighted by atomic mass is 10.2. The second-order valence-corrected chi connectivity index (χ2v) is 7.69. The zero-order valence-corrected chi connectivity index (χ0v) is 16.9. The first kappa shape index (κ1) is 21.4. The standard InChI is InChI=1S/C20H20F2N6OS/c1-12(18(29)24-10-13-2-4-14(21)5-3-13)30-11-17-26-19(23)28-20(27-17)25-16-8-6-15(22)7-9-16/h2-9,12H,10-11H2,1H3,(H,24,29)(H3,23,25,26,27,28). The van der Waals surface area contributed by atoms with E-state index in [1.54, 1.807) is 31.2 Å². The number of nitrogens with zero attached hydrogens (tertiary/aromatic N) is 3. The van der Waals surface area contributed by atoms with Crippen molar-refractivity contribution in [3.63, 3.8) is 0 Å². The van der Waals surface area contributed by atoms with Crippen molar-refractivity contribution in [2.45, 2.75) is 24.5 Å². The number of anilines is 3. The molecule has 3 rings (SSSR count). The molecule has 10 heteroatoms. The molecule has 0 aliphatic carbocycles. The van der Waals surface area contributed by atoms with Crippen molar-refractivity contribution < 1.29 is 13.6 Å². The first-order valence-electron chi connectivity index (χ1n) is 9.06. The van der Waals surface area contributed by atoms with Gasteiger partial charge >= 0.3 is 0 Å². The molecule has 0 fully saturated rings. The fourth-order valence-corrected chi connectivity index (χ4v) is 3.19. The number of thioether (sulfide) groups is 1. The van der Waals surface area contributed by atoms with Crippen LogP contribution in [0.15, 0.2) is 48.5 Å². The molecule has 1 unspecified atom stereocenters. The molecule has 1 aromatic heterocycles. The summed E-state index contributed by atoms with van der Waals surface area (Å²) in [5.74, 6) is 0.206. The largest absolute Gasteiger partial charge is 0.368 e. The molecule has 30 heavy (non-hydrogen) atoms. The lowest BCUT2D eigenvalue weighted by Gasteiger charge is -2.12. The van der Waals surface area contributed by atoms with E-state index < -0.39 is 0 Å². The van der Waals surface area contributed by atoms with Crippen LogP contribution in [0.3, 0.4) is 0 Å². The van der Waals surface area contributed by atoms with Gasteiger partial charge < -0.3 is 16.4 Å². The molecule has 0 bridgehead atoms. The summed E-state index contributed by atoms with van der Waals surface area (Å²) in [6, 6.07) is 11.7. The molecule has 1 amide bonds. The van der Waals surface area contributed by atoms with Gasteiger partial charge in [-0.25, -0.2) is 8.78 Å². The number of carbonyl (C=O) groups excluding carboxylic acids is 1. The molecule has 0 saturated carbocycles. The SMILES string of the molecule is CC(SCc1nc(N)nc(Nc2ccc(F)cc2)n1)C(=O)NCc1ccc(F)cc1. The van der Waals surface area contributed by atoms with Crippen molar-refractivity contribution >= 4 is 35.3 Å². The Hall–Kier alpha value is -3.27. The van der Waals surface area contributed by atoms with E-state index in [4.69, 9.17) is 5.73 Å². The summed E-state index contributed by atoms with van der Waals surface area (Å²) in [5, 5.41) is 5.39. The van der Waals surface area contributed by atoms with Crippen molar-refractivity contribution in [2.75, 3.05) is 11.1 Å². The lowest BCUT2D eigenvalue weighted by molar-refractivity contribution is -0.120. The van der Waals surface area contributed by atoms with E-state index in [0.29, 0.717) is 23.8 Å². The molecule has 2 aromatic carbocycles. The van der Waals surface area contributed by atoms with E-state index in [1.165, 1.54) is 36.0 Å². The van der Waals surface area contributed by atoms with Crippen molar-refractivity contribution in [2.24, 2.45) is 0 Å². The Morgan fingerprint density at radius 1 is 1.03 bits per heavy atom. The number of rotatable bonds is 8. The van der Waals surface area contributed by atoms with Crippen molar-refractivity contribution in [3.8, 4) is 0 Å². The Morgan fingerprint density at radius 3 is 2.33 bits per heavy atom. The highest BCUT2D eigenvalue weighted by atomic mass is 32.2. The van der Waals surface area contributed by atoms with Crippen molar-refractivity contribution in [1.29, 1.82) is 0 Å². The van der Waals surface area contributed by atoms with Gasteiger partial charge in [0, 0.05) is 12.2 Å². The maximum absolute atomic E-state index is 13.0. The molecular weight excluding hydrogens is 410 g/mol. The number of nitrogens with one attached hydrogen (secondary N) is 2. The number of amides is 1. The summed E-state index contributed by atoms with van der Waals surface area (Å²) in [5.41, 5.74) is 7.16. The van der Waals surface area contributed by atoms with Crippen LogP contribution in [0.1, 0.15) is 18.3 Å². The molecule has 4 N–H and O–H groups in total. The molecular formula is C20H20F2N6OS. The van der Waals surface area contributed by atoms with Crippen LogP contribution in [0.2, 0.25) is 0 Å². The van der Waals surface area contributed by atoms with E-state index in [0.717, 1.165) is 5.56 Å². The van der Waals surface area contributed by atoms with Gasteiger partial charge in [-0.1, -0.05) is 12.1 Å². The van der Waals surface area contributed by atoms with E-state index in [-0.39, 0.29) is 34.7 Å². The zero-order chi connectivity index (χ0) is 21.5. The molecule has 156 valence electrons. The quantitative estimate of drug-likeness (QED) is 0.503. The van der Waals surface area contributed by atoms with Crippen LogP contribution >= 0.6 is 11.8 Å². The van der Waals surface area contributed by atoms with Crippen LogP contribution in [0, 0.1) is 11.6 Å². The van der Waals surface area contributed by atoms with Crippen LogP contribution in [0.25, 0.3) is 0 Å².